The fourth-order valence-electron chi connectivity index (χ4n) is 2.24. The molecule has 0 unspecified atom stereocenters. The van der Waals surface area contributed by atoms with E-state index in [1.54, 1.807) is 7.05 Å². The highest BCUT2D eigenvalue weighted by molar-refractivity contribution is 14.0. The van der Waals surface area contributed by atoms with Crippen molar-refractivity contribution in [1.29, 1.82) is 0 Å². The summed E-state index contributed by atoms with van der Waals surface area (Å²) < 4.78 is 22.6. The molecule has 1 saturated heterocycles. The average Bonchev–Trinajstić information content (AvgIpc) is 3.14. The first kappa shape index (κ1) is 17.0. The van der Waals surface area contributed by atoms with Crippen molar-refractivity contribution in [3.8, 4) is 0 Å². The minimum absolute atomic E-state index is 0. The Morgan fingerprint density at radius 2 is 1.84 bits per heavy atom. The molecule has 1 heterocycles. The van der Waals surface area contributed by atoms with Crippen LogP contribution >= 0.6 is 24.0 Å². The second-order valence-electron chi connectivity index (χ2n) is 5.30. The van der Waals surface area contributed by atoms with Crippen LogP contribution in [-0.4, -0.2) is 45.5 Å². The highest BCUT2D eigenvalue weighted by atomic mass is 127. The lowest BCUT2D eigenvalue weighted by atomic mass is 9.99. The van der Waals surface area contributed by atoms with Crippen LogP contribution in [0.25, 0.3) is 0 Å². The van der Waals surface area contributed by atoms with E-state index in [1.807, 2.05) is 0 Å². The van der Waals surface area contributed by atoms with E-state index in [2.05, 4.69) is 15.6 Å². The molecular weight excluding hydrogens is 377 g/mol. The van der Waals surface area contributed by atoms with Crippen LogP contribution in [0, 0.1) is 5.92 Å². The first-order valence-corrected chi connectivity index (χ1v) is 8.59. The van der Waals surface area contributed by atoms with Gasteiger partial charge in [-0.05, 0) is 38.0 Å². The average molecular weight is 401 g/mol. The maximum atomic E-state index is 11.3. The van der Waals surface area contributed by atoms with E-state index in [4.69, 9.17) is 0 Å². The van der Waals surface area contributed by atoms with Gasteiger partial charge in [0.05, 0.1) is 11.5 Å². The van der Waals surface area contributed by atoms with E-state index >= 15 is 0 Å². The van der Waals surface area contributed by atoms with Crippen LogP contribution in [0.5, 0.6) is 0 Å². The van der Waals surface area contributed by atoms with Crippen LogP contribution in [0.2, 0.25) is 0 Å². The Labute approximate surface area is 133 Å². The van der Waals surface area contributed by atoms with Crippen LogP contribution in [-0.2, 0) is 9.84 Å². The number of hydrogen-bond acceptors (Lipinski definition) is 3. The van der Waals surface area contributed by atoms with Crippen molar-refractivity contribution in [3.63, 3.8) is 0 Å². The van der Waals surface area contributed by atoms with Gasteiger partial charge in [-0.25, -0.2) is 8.42 Å². The van der Waals surface area contributed by atoms with Gasteiger partial charge < -0.3 is 10.6 Å². The van der Waals surface area contributed by atoms with Gasteiger partial charge >= 0.3 is 0 Å². The molecule has 112 valence electrons. The standard InChI is InChI=1S/C12H23N3O2S.HI/c1-13-12(15-11-2-3-11)14-7-4-10-5-8-18(16,17)9-6-10;/h10-11H,2-9H2,1H3,(H2,13,14,15);1H. The lowest BCUT2D eigenvalue weighted by Gasteiger charge is -2.22. The molecule has 1 saturated carbocycles. The third-order valence-electron chi connectivity index (χ3n) is 3.66. The molecule has 2 rings (SSSR count). The van der Waals surface area contributed by atoms with Gasteiger partial charge in [-0.3, -0.25) is 4.99 Å². The smallest absolute Gasteiger partial charge is 0.191 e. The second-order valence-corrected chi connectivity index (χ2v) is 7.61. The summed E-state index contributed by atoms with van der Waals surface area (Å²) >= 11 is 0. The fraction of sp³-hybridized carbons (Fsp3) is 0.917. The second kappa shape index (κ2) is 7.66. The number of rotatable bonds is 4. The van der Waals surface area contributed by atoms with Crippen molar-refractivity contribution in [2.24, 2.45) is 10.9 Å². The lowest BCUT2D eigenvalue weighted by Crippen LogP contribution is -2.39. The number of halogens is 1. The molecule has 0 aromatic rings. The van der Waals surface area contributed by atoms with Gasteiger partial charge in [0.25, 0.3) is 0 Å². The Kier molecular flexibility index (Phi) is 6.85. The Balaban J connectivity index is 0.00000180. The summed E-state index contributed by atoms with van der Waals surface area (Å²) in [4.78, 5) is 4.17. The Hall–Kier alpha value is -0.0500. The molecular formula is C12H24IN3O2S. The summed E-state index contributed by atoms with van der Waals surface area (Å²) in [7, 11) is -0.943. The zero-order valence-electron chi connectivity index (χ0n) is 11.4. The maximum absolute atomic E-state index is 11.3. The van der Waals surface area contributed by atoms with Crippen molar-refractivity contribution < 1.29 is 8.42 Å². The van der Waals surface area contributed by atoms with E-state index in [-0.39, 0.29) is 24.0 Å². The number of aliphatic imine (C=N–C) groups is 1. The highest BCUT2D eigenvalue weighted by Gasteiger charge is 2.24. The summed E-state index contributed by atoms with van der Waals surface area (Å²) in [5.41, 5.74) is 0. The largest absolute Gasteiger partial charge is 0.356 e. The van der Waals surface area contributed by atoms with Crippen LogP contribution in [0.3, 0.4) is 0 Å². The summed E-state index contributed by atoms with van der Waals surface area (Å²) in [6.07, 6.45) is 5.14. The van der Waals surface area contributed by atoms with Gasteiger partial charge in [-0.1, -0.05) is 0 Å². The van der Waals surface area contributed by atoms with Crippen molar-refractivity contribution in [2.45, 2.75) is 38.1 Å². The maximum Gasteiger partial charge on any atom is 0.191 e. The molecule has 0 aromatic heterocycles. The highest BCUT2D eigenvalue weighted by Crippen LogP contribution is 2.21. The van der Waals surface area contributed by atoms with Gasteiger partial charge in [0.1, 0.15) is 9.84 Å². The Bertz CT molecular complexity index is 393. The van der Waals surface area contributed by atoms with E-state index in [1.165, 1.54) is 12.8 Å². The molecule has 1 aliphatic heterocycles. The molecule has 0 aromatic carbocycles. The molecule has 1 aliphatic carbocycles. The number of guanidine groups is 1. The topological polar surface area (TPSA) is 70.6 Å². The molecule has 0 atom stereocenters. The summed E-state index contributed by atoms with van der Waals surface area (Å²) in [5, 5.41) is 6.63. The molecule has 0 radical (unpaired) electrons. The third kappa shape index (κ3) is 6.29. The first-order chi connectivity index (χ1) is 8.59. The third-order valence-corrected chi connectivity index (χ3v) is 5.38. The predicted molar refractivity (Wildman–Crippen MR) is 88.9 cm³/mol. The molecule has 5 nitrogen and oxygen atoms in total. The molecule has 0 bridgehead atoms. The Morgan fingerprint density at radius 1 is 1.21 bits per heavy atom. The monoisotopic (exact) mass is 401 g/mol. The van der Waals surface area contributed by atoms with Gasteiger partial charge in [-0.2, -0.15) is 0 Å². The molecule has 0 amide bonds. The Morgan fingerprint density at radius 3 is 2.37 bits per heavy atom. The molecule has 7 heteroatoms. The minimum Gasteiger partial charge on any atom is -0.356 e. The van der Waals surface area contributed by atoms with Crippen LogP contribution in [0.1, 0.15) is 32.1 Å². The zero-order chi connectivity index (χ0) is 13.0. The first-order valence-electron chi connectivity index (χ1n) is 6.76. The zero-order valence-corrected chi connectivity index (χ0v) is 14.5. The lowest BCUT2D eigenvalue weighted by molar-refractivity contribution is 0.434. The normalized spacial score (nSPS) is 23.5. The summed E-state index contributed by atoms with van der Waals surface area (Å²) in [6, 6.07) is 0.607. The predicted octanol–water partition coefficient (Wildman–Crippen LogP) is 1.15. The number of sulfone groups is 1. The molecule has 2 fully saturated rings. The van der Waals surface area contributed by atoms with E-state index < -0.39 is 9.84 Å². The van der Waals surface area contributed by atoms with Crippen LogP contribution < -0.4 is 10.6 Å². The van der Waals surface area contributed by atoms with Gasteiger partial charge in [0.15, 0.2) is 5.96 Å². The van der Waals surface area contributed by atoms with Crippen molar-refractivity contribution in [2.75, 3.05) is 25.1 Å². The van der Waals surface area contributed by atoms with E-state index in [9.17, 15) is 8.42 Å². The molecule has 19 heavy (non-hydrogen) atoms. The molecule has 2 aliphatic rings. The van der Waals surface area contributed by atoms with Crippen LogP contribution in [0.4, 0.5) is 0 Å². The number of nitrogens with zero attached hydrogens (tertiary/aromatic N) is 1. The summed E-state index contributed by atoms with van der Waals surface area (Å²) in [5.74, 6) is 2.15. The van der Waals surface area contributed by atoms with Gasteiger partial charge in [0.2, 0.25) is 0 Å². The van der Waals surface area contributed by atoms with Crippen molar-refractivity contribution in [1.82, 2.24) is 10.6 Å². The molecule has 2 N–H and O–H groups in total. The number of nitrogens with one attached hydrogen (secondary N) is 2. The fourth-order valence-corrected chi connectivity index (χ4v) is 3.83. The van der Waals surface area contributed by atoms with Crippen molar-refractivity contribution >= 4 is 39.8 Å². The quantitative estimate of drug-likeness (QED) is 0.421. The van der Waals surface area contributed by atoms with Gasteiger partial charge in [0, 0.05) is 19.6 Å². The van der Waals surface area contributed by atoms with E-state index in [0.29, 0.717) is 23.5 Å². The van der Waals surface area contributed by atoms with Crippen molar-refractivity contribution in [3.05, 3.63) is 0 Å². The SMILES string of the molecule is CN=C(NCCC1CCS(=O)(=O)CC1)NC1CC1.I. The minimum atomic E-state index is -2.73. The van der Waals surface area contributed by atoms with Gasteiger partial charge in [-0.15, -0.1) is 24.0 Å². The van der Waals surface area contributed by atoms with Crippen LogP contribution in [0.15, 0.2) is 4.99 Å². The number of hydrogen-bond donors (Lipinski definition) is 2. The van der Waals surface area contributed by atoms with E-state index in [0.717, 1.165) is 31.8 Å². The molecule has 0 spiro atoms. The summed E-state index contributed by atoms with van der Waals surface area (Å²) in [6.45, 7) is 0.872.